The van der Waals surface area contributed by atoms with Gasteiger partial charge in [-0.15, -0.1) is 0 Å². The smallest absolute Gasteiger partial charge is 0.255 e. The number of methoxy groups -OCH3 is 1. The zero-order chi connectivity index (χ0) is 20.2. The van der Waals surface area contributed by atoms with Crippen molar-refractivity contribution < 1.29 is 19.1 Å². The van der Waals surface area contributed by atoms with Gasteiger partial charge in [-0.05, 0) is 60.2 Å². The number of anilines is 1. The van der Waals surface area contributed by atoms with Gasteiger partial charge >= 0.3 is 0 Å². The molecule has 3 aromatic rings. The molecule has 0 fully saturated rings. The molecule has 1 heterocycles. The highest BCUT2D eigenvalue weighted by Crippen LogP contribution is 2.28. The van der Waals surface area contributed by atoms with Gasteiger partial charge in [-0.1, -0.05) is 24.3 Å². The molecule has 0 bridgehead atoms. The summed E-state index contributed by atoms with van der Waals surface area (Å²) in [4.78, 5) is 25.2. The number of carbonyl (C=O) groups is 2. The van der Waals surface area contributed by atoms with E-state index in [1.807, 2.05) is 30.3 Å². The van der Waals surface area contributed by atoms with E-state index in [9.17, 15) is 9.59 Å². The van der Waals surface area contributed by atoms with Crippen LogP contribution >= 0.6 is 0 Å². The van der Waals surface area contributed by atoms with E-state index in [0.29, 0.717) is 33.9 Å². The molecular weight excluding hydrogens is 366 g/mol. The summed E-state index contributed by atoms with van der Waals surface area (Å²) < 4.78 is 10.8. The maximum absolute atomic E-state index is 12.7. The van der Waals surface area contributed by atoms with Gasteiger partial charge in [-0.25, -0.2) is 0 Å². The predicted octanol–water partition coefficient (Wildman–Crippen LogP) is 4.61. The Labute approximate surface area is 168 Å². The summed E-state index contributed by atoms with van der Waals surface area (Å²) in [5.74, 6) is 1.04. The zero-order valence-corrected chi connectivity index (χ0v) is 15.8. The van der Waals surface area contributed by atoms with Crippen LogP contribution in [-0.2, 0) is 0 Å². The Morgan fingerprint density at radius 1 is 1.03 bits per heavy atom. The summed E-state index contributed by atoms with van der Waals surface area (Å²) in [6.45, 7) is 0.221. The molecule has 5 heteroatoms. The summed E-state index contributed by atoms with van der Waals surface area (Å²) >= 11 is 0. The van der Waals surface area contributed by atoms with Crippen LogP contribution in [0, 0.1) is 0 Å². The number of benzene rings is 3. The second kappa shape index (κ2) is 8.02. The summed E-state index contributed by atoms with van der Waals surface area (Å²) in [6, 6.07) is 21.4. The van der Waals surface area contributed by atoms with Crippen LogP contribution in [0.25, 0.3) is 6.08 Å². The van der Waals surface area contributed by atoms with Gasteiger partial charge in [0.1, 0.15) is 18.1 Å². The second-order valence-electron chi connectivity index (χ2n) is 6.59. The van der Waals surface area contributed by atoms with Crippen LogP contribution in [0.4, 0.5) is 5.69 Å². The van der Waals surface area contributed by atoms with Crippen molar-refractivity contribution in [1.82, 2.24) is 0 Å². The average molecular weight is 385 g/mol. The number of nitrogens with one attached hydrogen (secondary N) is 1. The fourth-order valence-corrected chi connectivity index (χ4v) is 3.13. The molecule has 1 amide bonds. The minimum atomic E-state index is -0.219. The molecule has 0 radical (unpaired) electrons. The number of rotatable bonds is 4. The number of para-hydroxylation sites is 1. The quantitative estimate of drug-likeness (QED) is 0.667. The molecule has 1 aliphatic heterocycles. The molecule has 0 aliphatic carbocycles. The molecule has 1 aliphatic rings. The summed E-state index contributed by atoms with van der Waals surface area (Å²) in [5.41, 5.74) is 3.12. The molecule has 0 saturated heterocycles. The van der Waals surface area contributed by atoms with Crippen LogP contribution in [-0.4, -0.2) is 25.4 Å². The van der Waals surface area contributed by atoms with Crippen LogP contribution in [0.2, 0.25) is 0 Å². The van der Waals surface area contributed by atoms with Gasteiger partial charge in [-0.2, -0.15) is 0 Å². The molecule has 3 aromatic carbocycles. The van der Waals surface area contributed by atoms with E-state index >= 15 is 0 Å². The summed E-state index contributed by atoms with van der Waals surface area (Å²) in [6.07, 6.45) is 1.79. The Morgan fingerprint density at radius 2 is 1.83 bits per heavy atom. The minimum Gasteiger partial charge on any atom is -0.497 e. The van der Waals surface area contributed by atoms with E-state index < -0.39 is 0 Å². The molecule has 29 heavy (non-hydrogen) atoms. The van der Waals surface area contributed by atoms with Crippen molar-refractivity contribution in [3.05, 3.63) is 95.1 Å². The molecule has 4 rings (SSSR count). The lowest BCUT2D eigenvalue weighted by Gasteiger charge is -2.18. The highest BCUT2D eigenvalue weighted by molar-refractivity contribution is 6.14. The first-order valence-electron chi connectivity index (χ1n) is 9.16. The second-order valence-corrected chi connectivity index (χ2v) is 6.59. The summed E-state index contributed by atoms with van der Waals surface area (Å²) in [5, 5.41) is 2.87. The van der Waals surface area contributed by atoms with Gasteiger partial charge in [0, 0.05) is 16.8 Å². The number of hydrogen-bond donors (Lipinski definition) is 1. The van der Waals surface area contributed by atoms with Crippen molar-refractivity contribution in [2.45, 2.75) is 0 Å². The van der Waals surface area contributed by atoms with E-state index in [-0.39, 0.29) is 18.3 Å². The molecular formula is C24H19NO4. The lowest BCUT2D eigenvalue weighted by atomic mass is 9.98. The zero-order valence-electron chi connectivity index (χ0n) is 15.8. The third-order valence-electron chi connectivity index (χ3n) is 4.64. The van der Waals surface area contributed by atoms with Crippen LogP contribution in [0.15, 0.2) is 78.4 Å². The normalized spacial score (nSPS) is 14.1. The molecule has 144 valence electrons. The number of ketones is 1. The van der Waals surface area contributed by atoms with Gasteiger partial charge in [0.15, 0.2) is 5.78 Å². The number of fused-ring (bicyclic) bond motifs is 1. The van der Waals surface area contributed by atoms with Crippen LogP contribution in [0.1, 0.15) is 26.3 Å². The monoisotopic (exact) mass is 385 g/mol. The number of amides is 1. The van der Waals surface area contributed by atoms with Crippen LogP contribution in [0.5, 0.6) is 11.5 Å². The van der Waals surface area contributed by atoms with E-state index in [0.717, 1.165) is 5.56 Å². The number of ether oxygens (including phenoxy) is 2. The topological polar surface area (TPSA) is 64.6 Å². The number of hydrogen-bond acceptors (Lipinski definition) is 4. The lowest BCUT2D eigenvalue weighted by Crippen LogP contribution is -2.18. The Hall–Kier alpha value is -3.86. The molecule has 0 unspecified atom stereocenters. The highest BCUT2D eigenvalue weighted by Gasteiger charge is 2.22. The molecule has 0 spiro atoms. The maximum atomic E-state index is 12.7. The van der Waals surface area contributed by atoms with Crippen molar-refractivity contribution >= 4 is 23.5 Å². The Morgan fingerprint density at radius 3 is 2.62 bits per heavy atom. The fraction of sp³-hybridized carbons (Fsp3) is 0.0833. The standard InChI is InChI=1S/C24H19NO4/c1-28-20-11-9-17(10-12-20)24(27)25-19-6-4-5-16(14-19)13-18-15-29-22-8-3-2-7-21(22)23(18)26/h2-14H,15H2,1H3,(H,25,27)/b18-13+. The van der Waals surface area contributed by atoms with E-state index in [4.69, 9.17) is 9.47 Å². The number of Topliss-reactive ketones (excluding diaryl/α,β-unsaturated/α-hetero) is 1. The minimum absolute atomic E-state index is 0.0421. The Bertz CT molecular complexity index is 1100. The lowest BCUT2D eigenvalue weighted by molar-refractivity contribution is 0.0998. The Kier molecular flexibility index (Phi) is 5.12. The van der Waals surface area contributed by atoms with Crippen molar-refractivity contribution in [3.8, 4) is 11.5 Å². The van der Waals surface area contributed by atoms with Gasteiger partial charge in [0.25, 0.3) is 5.91 Å². The van der Waals surface area contributed by atoms with Crippen molar-refractivity contribution in [2.24, 2.45) is 0 Å². The van der Waals surface area contributed by atoms with Crippen molar-refractivity contribution in [2.75, 3.05) is 19.0 Å². The van der Waals surface area contributed by atoms with E-state index in [1.54, 1.807) is 55.7 Å². The van der Waals surface area contributed by atoms with Gasteiger partial charge < -0.3 is 14.8 Å². The molecule has 0 aromatic heterocycles. The largest absolute Gasteiger partial charge is 0.497 e. The van der Waals surface area contributed by atoms with E-state index in [1.165, 1.54) is 0 Å². The first-order valence-corrected chi connectivity index (χ1v) is 9.16. The van der Waals surface area contributed by atoms with Gasteiger partial charge in [-0.3, -0.25) is 9.59 Å². The average Bonchev–Trinajstić information content (AvgIpc) is 2.76. The van der Waals surface area contributed by atoms with Crippen molar-refractivity contribution in [3.63, 3.8) is 0 Å². The first kappa shape index (κ1) is 18.5. The third-order valence-corrected chi connectivity index (χ3v) is 4.64. The molecule has 5 nitrogen and oxygen atoms in total. The molecule has 1 N–H and O–H groups in total. The van der Waals surface area contributed by atoms with Gasteiger partial charge in [0.2, 0.25) is 0 Å². The number of carbonyl (C=O) groups excluding carboxylic acids is 2. The van der Waals surface area contributed by atoms with Crippen LogP contribution in [0.3, 0.4) is 0 Å². The third kappa shape index (κ3) is 4.04. The summed E-state index contributed by atoms with van der Waals surface area (Å²) in [7, 11) is 1.58. The van der Waals surface area contributed by atoms with Crippen molar-refractivity contribution in [1.29, 1.82) is 0 Å². The molecule has 0 saturated carbocycles. The highest BCUT2D eigenvalue weighted by atomic mass is 16.5. The maximum Gasteiger partial charge on any atom is 0.255 e. The van der Waals surface area contributed by atoms with Gasteiger partial charge in [0.05, 0.1) is 12.7 Å². The fourth-order valence-electron chi connectivity index (χ4n) is 3.13. The Balaban J connectivity index is 1.52. The first-order chi connectivity index (χ1) is 14.1. The van der Waals surface area contributed by atoms with Crippen LogP contribution < -0.4 is 14.8 Å². The predicted molar refractivity (Wildman–Crippen MR) is 112 cm³/mol. The van der Waals surface area contributed by atoms with E-state index in [2.05, 4.69) is 5.32 Å². The molecule has 0 atom stereocenters. The SMILES string of the molecule is COc1ccc(C(=O)Nc2cccc(/C=C3\COc4ccccc4C3=O)c2)cc1.